The number of nitrogens with one attached hydrogen (secondary N) is 1. The minimum Gasteiger partial charge on any atom is -0.398 e. The number of pyridine rings is 1. The summed E-state index contributed by atoms with van der Waals surface area (Å²) in [5.74, 6) is 0. The quantitative estimate of drug-likeness (QED) is 0.608. The summed E-state index contributed by atoms with van der Waals surface area (Å²) in [4.78, 5) is 29.0. The lowest BCUT2D eigenvalue weighted by Gasteiger charge is -2.06. The zero-order valence-corrected chi connectivity index (χ0v) is 8.37. The zero-order chi connectivity index (χ0) is 11.2. The molecule has 2 aromatic rings. The van der Waals surface area contributed by atoms with E-state index in [0.29, 0.717) is 16.9 Å². The molecule has 0 aromatic carbocycles. The SMILES string of the molecule is Cc1cnc2c(c1N)c(=O)[nH]c(=O)n2C. The molecule has 0 aliphatic rings. The number of aromatic nitrogens is 3. The molecule has 0 saturated carbocycles. The van der Waals surface area contributed by atoms with E-state index < -0.39 is 11.2 Å². The largest absolute Gasteiger partial charge is 0.398 e. The van der Waals surface area contributed by atoms with Crippen LogP contribution in [-0.4, -0.2) is 14.5 Å². The van der Waals surface area contributed by atoms with E-state index in [0.717, 1.165) is 0 Å². The van der Waals surface area contributed by atoms with Gasteiger partial charge in [-0.15, -0.1) is 0 Å². The Labute approximate surface area is 84.4 Å². The standard InChI is InChI=1S/C9H10N4O2/c1-4-3-11-7-5(6(4)10)8(14)12-9(15)13(7)2/h3H,1-2H3,(H2,10,11)(H,12,14,15). The van der Waals surface area contributed by atoms with Crippen LogP contribution in [-0.2, 0) is 7.05 Å². The Bertz CT molecular complexity index is 653. The predicted octanol–water partition coefficient (Wildman–Crippen LogP) is -0.488. The Kier molecular flexibility index (Phi) is 1.85. The summed E-state index contributed by atoms with van der Waals surface area (Å²) in [6.07, 6.45) is 1.54. The summed E-state index contributed by atoms with van der Waals surface area (Å²) in [7, 11) is 1.53. The average molecular weight is 206 g/mol. The number of nitrogen functional groups attached to an aromatic ring is 1. The van der Waals surface area contributed by atoms with E-state index in [2.05, 4.69) is 9.97 Å². The number of hydrogen-bond acceptors (Lipinski definition) is 4. The fraction of sp³-hybridized carbons (Fsp3) is 0.222. The summed E-state index contributed by atoms with van der Waals surface area (Å²) in [6, 6.07) is 0. The minimum atomic E-state index is -0.498. The van der Waals surface area contributed by atoms with Gasteiger partial charge in [0.05, 0.1) is 5.69 Å². The van der Waals surface area contributed by atoms with Crippen LogP contribution in [0.15, 0.2) is 15.8 Å². The van der Waals surface area contributed by atoms with E-state index in [4.69, 9.17) is 5.73 Å². The summed E-state index contributed by atoms with van der Waals surface area (Å²) in [5, 5.41) is 0.261. The number of nitrogens with zero attached hydrogens (tertiary/aromatic N) is 2. The van der Waals surface area contributed by atoms with Gasteiger partial charge >= 0.3 is 5.69 Å². The second-order valence-electron chi connectivity index (χ2n) is 3.37. The maximum atomic E-state index is 11.5. The molecule has 0 unspecified atom stereocenters. The van der Waals surface area contributed by atoms with Crippen molar-refractivity contribution in [3.63, 3.8) is 0 Å². The van der Waals surface area contributed by atoms with Gasteiger partial charge in [0.25, 0.3) is 5.56 Å². The molecule has 15 heavy (non-hydrogen) atoms. The third kappa shape index (κ3) is 1.22. The fourth-order valence-electron chi connectivity index (χ4n) is 1.43. The molecule has 2 rings (SSSR count). The van der Waals surface area contributed by atoms with Gasteiger partial charge in [0.1, 0.15) is 5.39 Å². The second kappa shape index (κ2) is 2.94. The molecule has 0 aliphatic carbocycles. The Balaban J connectivity index is 3.17. The third-order valence-corrected chi connectivity index (χ3v) is 2.37. The van der Waals surface area contributed by atoms with Gasteiger partial charge in [-0.05, 0) is 12.5 Å². The van der Waals surface area contributed by atoms with Crippen LogP contribution in [0.2, 0.25) is 0 Å². The average Bonchev–Trinajstić information content (AvgIpc) is 2.18. The van der Waals surface area contributed by atoms with Crippen LogP contribution in [0, 0.1) is 6.92 Å². The molecule has 2 heterocycles. The Morgan fingerprint density at radius 1 is 1.47 bits per heavy atom. The maximum absolute atomic E-state index is 11.5. The minimum absolute atomic E-state index is 0.261. The maximum Gasteiger partial charge on any atom is 0.329 e. The van der Waals surface area contributed by atoms with E-state index in [1.807, 2.05) is 0 Å². The normalized spacial score (nSPS) is 10.8. The molecule has 2 aromatic heterocycles. The molecular weight excluding hydrogens is 196 g/mol. The first-order valence-corrected chi connectivity index (χ1v) is 4.36. The molecule has 6 heteroatoms. The fourth-order valence-corrected chi connectivity index (χ4v) is 1.43. The molecule has 0 amide bonds. The lowest BCUT2D eigenvalue weighted by atomic mass is 10.2. The van der Waals surface area contributed by atoms with Crippen molar-refractivity contribution >= 4 is 16.7 Å². The first-order chi connectivity index (χ1) is 7.02. The van der Waals surface area contributed by atoms with Crippen molar-refractivity contribution in [1.82, 2.24) is 14.5 Å². The number of fused-ring (bicyclic) bond motifs is 1. The highest BCUT2D eigenvalue weighted by atomic mass is 16.2. The molecule has 0 aliphatic heterocycles. The van der Waals surface area contributed by atoms with Crippen molar-refractivity contribution in [3.8, 4) is 0 Å². The molecule has 0 spiro atoms. The highest BCUT2D eigenvalue weighted by Gasteiger charge is 2.10. The molecule has 0 bridgehead atoms. The molecule has 0 radical (unpaired) electrons. The lowest BCUT2D eigenvalue weighted by molar-refractivity contribution is 0.828. The summed E-state index contributed by atoms with van der Waals surface area (Å²) in [6.45, 7) is 1.76. The van der Waals surface area contributed by atoms with Crippen molar-refractivity contribution in [1.29, 1.82) is 0 Å². The van der Waals surface area contributed by atoms with Gasteiger partial charge in [-0.3, -0.25) is 14.3 Å². The van der Waals surface area contributed by atoms with E-state index in [-0.39, 0.29) is 5.39 Å². The molecular formula is C9H10N4O2. The molecule has 6 nitrogen and oxygen atoms in total. The summed E-state index contributed by atoms with van der Waals surface area (Å²) < 4.78 is 1.26. The van der Waals surface area contributed by atoms with Crippen LogP contribution in [0.3, 0.4) is 0 Å². The van der Waals surface area contributed by atoms with Gasteiger partial charge in [-0.1, -0.05) is 0 Å². The molecule has 0 atom stereocenters. The number of anilines is 1. The van der Waals surface area contributed by atoms with Crippen LogP contribution in [0.5, 0.6) is 0 Å². The monoisotopic (exact) mass is 206 g/mol. The number of aromatic amines is 1. The number of aryl methyl sites for hydroxylation is 2. The molecule has 0 saturated heterocycles. The summed E-state index contributed by atoms with van der Waals surface area (Å²) >= 11 is 0. The highest BCUT2D eigenvalue weighted by Crippen LogP contribution is 2.16. The zero-order valence-electron chi connectivity index (χ0n) is 8.37. The second-order valence-corrected chi connectivity index (χ2v) is 3.37. The predicted molar refractivity (Wildman–Crippen MR) is 56.8 cm³/mol. The smallest absolute Gasteiger partial charge is 0.329 e. The van der Waals surface area contributed by atoms with Crippen molar-refractivity contribution in [2.75, 3.05) is 5.73 Å². The lowest BCUT2D eigenvalue weighted by Crippen LogP contribution is -2.29. The number of rotatable bonds is 0. The third-order valence-electron chi connectivity index (χ3n) is 2.37. The van der Waals surface area contributed by atoms with Crippen molar-refractivity contribution < 1.29 is 0 Å². The van der Waals surface area contributed by atoms with E-state index >= 15 is 0 Å². The van der Waals surface area contributed by atoms with Gasteiger partial charge < -0.3 is 5.73 Å². The van der Waals surface area contributed by atoms with Crippen molar-refractivity contribution in [3.05, 3.63) is 32.6 Å². The molecule has 0 fully saturated rings. The number of H-pyrrole nitrogens is 1. The molecule has 78 valence electrons. The van der Waals surface area contributed by atoms with Crippen LogP contribution in [0.4, 0.5) is 5.69 Å². The summed E-state index contributed by atoms with van der Waals surface area (Å²) in [5.41, 5.74) is 6.14. The van der Waals surface area contributed by atoms with Gasteiger partial charge in [-0.25, -0.2) is 9.78 Å². The van der Waals surface area contributed by atoms with Crippen molar-refractivity contribution in [2.24, 2.45) is 7.05 Å². The Hall–Kier alpha value is -2.11. The van der Waals surface area contributed by atoms with Gasteiger partial charge in [0.15, 0.2) is 5.65 Å². The highest BCUT2D eigenvalue weighted by molar-refractivity contribution is 5.88. The first kappa shape index (κ1) is 9.45. The Morgan fingerprint density at radius 2 is 2.13 bits per heavy atom. The van der Waals surface area contributed by atoms with E-state index in [1.165, 1.54) is 17.8 Å². The van der Waals surface area contributed by atoms with Crippen molar-refractivity contribution in [2.45, 2.75) is 6.92 Å². The number of hydrogen-bond donors (Lipinski definition) is 2. The molecule has 3 N–H and O–H groups in total. The van der Waals surface area contributed by atoms with E-state index in [9.17, 15) is 9.59 Å². The van der Waals surface area contributed by atoms with Gasteiger partial charge in [0, 0.05) is 13.2 Å². The van der Waals surface area contributed by atoms with Crippen LogP contribution < -0.4 is 17.0 Å². The van der Waals surface area contributed by atoms with Crippen LogP contribution in [0.1, 0.15) is 5.56 Å². The van der Waals surface area contributed by atoms with Crippen LogP contribution in [0.25, 0.3) is 11.0 Å². The van der Waals surface area contributed by atoms with Crippen LogP contribution >= 0.6 is 0 Å². The van der Waals surface area contributed by atoms with Gasteiger partial charge in [-0.2, -0.15) is 0 Å². The van der Waals surface area contributed by atoms with E-state index in [1.54, 1.807) is 6.92 Å². The first-order valence-electron chi connectivity index (χ1n) is 4.36. The topological polar surface area (TPSA) is 93.8 Å². The Morgan fingerprint density at radius 3 is 2.80 bits per heavy atom. The number of nitrogens with two attached hydrogens (primary N) is 1. The van der Waals surface area contributed by atoms with Gasteiger partial charge in [0.2, 0.25) is 0 Å².